The third-order valence-corrected chi connectivity index (χ3v) is 4.69. The van der Waals surface area contributed by atoms with E-state index in [0.717, 1.165) is 0 Å². The Balaban J connectivity index is 3.38. The van der Waals surface area contributed by atoms with Crippen LogP contribution in [0.3, 0.4) is 0 Å². The minimum absolute atomic E-state index is 0.666. The normalized spacial score (nSPS) is 16.4. The van der Waals surface area contributed by atoms with Gasteiger partial charge in [-0.25, -0.2) is 0 Å². The lowest BCUT2D eigenvalue weighted by molar-refractivity contribution is 0.640. The molecule has 0 unspecified atom stereocenters. The van der Waals surface area contributed by atoms with Gasteiger partial charge >= 0.3 is 0 Å². The summed E-state index contributed by atoms with van der Waals surface area (Å²) in [6.07, 6.45) is 6.48. The molecule has 11 heavy (non-hydrogen) atoms. The van der Waals surface area contributed by atoms with E-state index < -0.39 is 0 Å². The monoisotopic (exact) mass is 284 g/mol. The number of alkyl halides is 2. The van der Waals surface area contributed by atoms with Gasteiger partial charge in [0.25, 0.3) is 0 Å². The first kappa shape index (κ1) is 12.0. The molecule has 0 saturated carbocycles. The van der Waals surface area contributed by atoms with E-state index in [1.807, 2.05) is 0 Å². The largest absolute Gasteiger partial charge is 0.0879 e. The molecule has 0 amide bonds. The average molecular weight is 286 g/mol. The zero-order valence-electron chi connectivity index (χ0n) is 7.45. The van der Waals surface area contributed by atoms with E-state index in [1.165, 1.54) is 32.1 Å². The van der Waals surface area contributed by atoms with Crippen molar-refractivity contribution in [2.75, 3.05) is 0 Å². The first-order chi connectivity index (χ1) is 5.22. The van der Waals surface area contributed by atoms with Crippen LogP contribution in [0.4, 0.5) is 0 Å². The predicted molar refractivity (Wildman–Crippen MR) is 59.9 cm³/mol. The molecule has 0 fully saturated rings. The second kappa shape index (κ2) is 7.60. The Bertz CT molecular complexity index is 83.6. The quantitative estimate of drug-likeness (QED) is 0.630. The van der Waals surface area contributed by atoms with Crippen LogP contribution in [0.15, 0.2) is 0 Å². The summed E-state index contributed by atoms with van der Waals surface area (Å²) in [5.74, 6) is 0. The zero-order chi connectivity index (χ0) is 8.69. The van der Waals surface area contributed by atoms with Crippen molar-refractivity contribution >= 4 is 31.9 Å². The minimum atomic E-state index is 0.666. The Morgan fingerprint density at radius 1 is 0.909 bits per heavy atom. The first-order valence-corrected chi connectivity index (χ1v) is 6.33. The van der Waals surface area contributed by atoms with Crippen LogP contribution < -0.4 is 0 Å². The molecule has 0 spiro atoms. The summed E-state index contributed by atoms with van der Waals surface area (Å²) in [5, 5.41) is 0. The van der Waals surface area contributed by atoms with Gasteiger partial charge < -0.3 is 0 Å². The van der Waals surface area contributed by atoms with Crippen molar-refractivity contribution < 1.29 is 0 Å². The summed E-state index contributed by atoms with van der Waals surface area (Å²) in [4.78, 5) is 1.33. The second-order valence-corrected chi connectivity index (χ2v) is 5.32. The van der Waals surface area contributed by atoms with Gasteiger partial charge in [-0.1, -0.05) is 65.0 Å². The molecule has 0 aromatic rings. The van der Waals surface area contributed by atoms with Gasteiger partial charge in [0.2, 0.25) is 0 Å². The van der Waals surface area contributed by atoms with Crippen LogP contribution in [-0.2, 0) is 0 Å². The lowest BCUT2D eigenvalue weighted by Crippen LogP contribution is -2.13. The van der Waals surface area contributed by atoms with Gasteiger partial charge in [0.1, 0.15) is 0 Å². The first-order valence-electron chi connectivity index (χ1n) is 4.50. The van der Waals surface area contributed by atoms with Crippen molar-refractivity contribution in [2.45, 2.75) is 55.6 Å². The fraction of sp³-hybridized carbons (Fsp3) is 1.00. The molecule has 68 valence electrons. The standard InChI is InChI=1S/C9H18Br2/c1-3-5-7-9(11)8(10)6-4-2/h8-9H,3-7H2,1-2H3/t8-,9-/m1/s1. The van der Waals surface area contributed by atoms with E-state index in [2.05, 4.69) is 45.7 Å². The molecule has 0 nitrogen and oxygen atoms in total. The summed E-state index contributed by atoms with van der Waals surface area (Å²) < 4.78 is 0. The molecule has 0 bridgehead atoms. The lowest BCUT2D eigenvalue weighted by atomic mass is 10.1. The third-order valence-electron chi connectivity index (χ3n) is 1.79. The molecule has 0 saturated heterocycles. The second-order valence-electron chi connectivity index (χ2n) is 2.96. The van der Waals surface area contributed by atoms with Crippen molar-refractivity contribution in [3.8, 4) is 0 Å². The fourth-order valence-electron chi connectivity index (χ4n) is 1.04. The summed E-state index contributed by atoms with van der Waals surface area (Å²) in [7, 11) is 0. The van der Waals surface area contributed by atoms with Crippen LogP contribution in [-0.4, -0.2) is 9.65 Å². The van der Waals surface area contributed by atoms with Gasteiger partial charge in [-0.15, -0.1) is 0 Å². The highest BCUT2D eigenvalue weighted by Gasteiger charge is 2.13. The number of hydrogen-bond acceptors (Lipinski definition) is 0. The molecular formula is C9H18Br2. The van der Waals surface area contributed by atoms with Crippen LogP contribution in [0.2, 0.25) is 0 Å². The van der Waals surface area contributed by atoms with Gasteiger partial charge in [-0.3, -0.25) is 0 Å². The lowest BCUT2D eigenvalue weighted by Gasteiger charge is -2.14. The number of unbranched alkanes of at least 4 members (excludes halogenated alkanes) is 1. The van der Waals surface area contributed by atoms with Gasteiger partial charge in [0.05, 0.1) is 0 Å². The van der Waals surface area contributed by atoms with E-state index in [1.54, 1.807) is 0 Å². The topological polar surface area (TPSA) is 0 Å². The van der Waals surface area contributed by atoms with Gasteiger partial charge in [-0.05, 0) is 12.8 Å². The minimum Gasteiger partial charge on any atom is -0.0879 e. The maximum absolute atomic E-state index is 3.70. The van der Waals surface area contributed by atoms with E-state index in [0.29, 0.717) is 9.65 Å². The Labute approximate surface area is 87.4 Å². The highest BCUT2D eigenvalue weighted by atomic mass is 79.9. The molecule has 2 atom stereocenters. The van der Waals surface area contributed by atoms with Gasteiger partial charge in [0, 0.05) is 9.65 Å². The summed E-state index contributed by atoms with van der Waals surface area (Å²) in [6.45, 7) is 4.47. The van der Waals surface area contributed by atoms with Crippen LogP contribution in [0.5, 0.6) is 0 Å². The van der Waals surface area contributed by atoms with Crippen molar-refractivity contribution in [1.82, 2.24) is 0 Å². The van der Waals surface area contributed by atoms with Crippen molar-refractivity contribution in [1.29, 1.82) is 0 Å². The van der Waals surface area contributed by atoms with Crippen molar-refractivity contribution in [3.63, 3.8) is 0 Å². The molecule has 0 aromatic heterocycles. The number of hydrogen-bond donors (Lipinski definition) is 0. The molecule has 0 aromatic carbocycles. The molecule has 0 aliphatic heterocycles. The molecule has 0 radical (unpaired) electrons. The molecule has 0 aliphatic rings. The molecule has 0 aliphatic carbocycles. The Kier molecular flexibility index (Phi) is 8.26. The van der Waals surface area contributed by atoms with E-state index in [-0.39, 0.29) is 0 Å². The van der Waals surface area contributed by atoms with E-state index in [4.69, 9.17) is 0 Å². The zero-order valence-corrected chi connectivity index (χ0v) is 10.6. The van der Waals surface area contributed by atoms with Gasteiger partial charge in [-0.2, -0.15) is 0 Å². The summed E-state index contributed by atoms with van der Waals surface area (Å²) in [5.41, 5.74) is 0. The highest BCUT2D eigenvalue weighted by Crippen LogP contribution is 2.23. The van der Waals surface area contributed by atoms with Crippen molar-refractivity contribution in [2.24, 2.45) is 0 Å². The van der Waals surface area contributed by atoms with E-state index >= 15 is 0 Å². The predicted octanol–water partition coefficient (Wildman–Crippen LogP) is 4.50. The molecular weight excluding hydrogens is 268 g/mol. The van der Waals surface area contributed by atoms with E-state index in [9.17, 15) is 0 Å². The Hall–Kier alpha value is 0.960. The van der Waals surface area contributed by atoms with Crippen LogP contribution in [0.25, 0.3) is 0 Å². The maximum atomic E-state index is 3.70. The Morgan fingerprint density at radius 2 is 1.45 bits per heavy atom. The highest BCUT2D eigenvalue weighted by molar-refractivity contribution is 9.12. The van der Waals surface area contributed by atoms with Crippen LogP contribution in [0.1, 0.15) is 46.0 Å². The van der Waals surface area contributed by atoms with Crippen molar-refractivity contribution in [3.05, 3.63) is 0 Å². The summed E-state index contributed by atoms with van der Waals surface area (Å²) in [6, 6.07) is 0. The maximum Gasteiger partial charge on any atom is 0.0271 e. The average Bonchev–Trinajstić information content (AvgIpc) is 2.00. The third kappa shape index (κ3) is 6.15. The molecule has 0 rings (SSSR count). The van der Waals surface area contributed by atoms with Crippen LogP contribution in [0, 0.1) is 0 Å². The van der Waals surface area contributed by atoms with Crippen LogP contribution >= 0.6 is 31.9 Å². The number of halogens is 2. The summed E-state index contributed by atoms with van der Waals surface area (Å²) >= 11 is 7.39. The van der Waals surface area contributed by atoms with Gasteiger partial charge in [0.15, 0.2) is 0 Å². The number of rotatable bonds is 6. The molecule has 0 heterocycles. The smallest absolute Gasteiger partial charge is 0.0271 e. The molecule has 0 N–H and O–H groups in total. The molecule has 2 heteroatoms. The Morgan fingerprint density at radius 3 is 1.91 bits per heavy atom. The fourth-order valence-corrected chi connectivity index (χ4v) is 2.35. The SMILES string of the molecule is CCCC[C@@H](Br)[C@H](Br)CCC.